The summed E-state index contributed by atoms with van der Waals surface area (Å²) in [5.74, 6) is 0.608. The lowest BCUT2D eigenvalue weighted by Gasteiger charge is -2.07. The van der Waals surface area contributed by atoms with Crippen molar-refractivity contribution in [3.05, 3.63) is 49.6 Å². The Labute approximate surface area is 145 Å². The Hall–Kier alpha value is -2.68. The molecule has 3 aromatic rings. The van der Waals surface area contributed by atoms with E-state index in [0.717, 1.165) is 14.6 Å². The van der Waals surface area contributed by atoms with Gasteiger partial charge in [0, 0.05) is 30.8 Å². The first-order valence-corrected chi connectivity index (χ1v) is 7.85. The number of fused-ring (bicyclic) bond motifs is 1. The van der Waals surface area contributed by atoms with Crippen LogP contribution in [-0.2, 0) is 20.8 Å². The van der Waals surface area contributed by atoms with Gasteiger partial charge in [-0.15, -0.1) is 0 Å². The lowest BCUT2D eigenvalue weighted by molar-refractivity contribution is 0.529. The summed E-state index contributed by atoms with van der Waals surface area (Å²) in [6.45, 7) is 3.23. The summed E-state index contributed by atoms with van der Waals surface area (Å²) < 4.78 is 5.05. The predicted octanol–water partition coefficient (Wildman–Crippen LogP) is 1.03. The smallest absolute Gasteiger partial charge is 0.321 e. The van der Waals surface area contributed by atoms with E-state index in [1.165, 1.54) is 4.57 Å². The number of nitrogens with one attached hydrogen (secondary N) is 1. The highest BCUT2D eigenvalue weighted by Gasteiger charge is 2.19. The van der Waals surface area contributed by atoms with Gasteiger partial charge in [-0.25, -0.2) is 14.3 Å². The van der Waals surface area contributed by atoms with Gasteiger partial charge in [0.15, 0.2) is 11.2 Å². The van der Waals surface area contributed by atoms with Gasteiger partial charge in [-0.1, -0.05) is 28.1 Å². The fourth-order valence-electron chi connectivity index (χ4n) is 2.56. The molecule has 3 rings (SSSR count). The Bertz CT molecular complexity index is 1040. The van der Waals surface area contributed by atoms with E-state index in [9.17, 15) is 9.59 Å². The third-order valence-electron chi connectivity index (χ3n) is 3.80. The predicted molar refractivity (Wildman–Crippen MR) is 96.0 cm³/mol. The maximum atomic E-state index is 12.7. The van der Waals surface area contributed by atoms with E-state index in [1.807, 2.05) is 24.3 Å². The molecular formula is C15H15BrN6O2. The second kappa shape index (κ2) is 6.08. The fourth-order valence-corrected chi connectivity index (χ4v) is 2.83. The first kappa shape index (κ1) is 16.2. The molecule has 0 aliphatic heterocycles. The Kier molecular flexibility index (Phi) is 4.10. The number of aryl methyl sites for hydroxylation is 2. The zero-order valence-corrected chi connectivity index (χ0v) is 14.7. The van der Waals surface area contributed by atoms with E-state index in [0.29, 0.717) is 17.0 Å². The van der Waals surface area contributed by atoms with Crippen molar-refractivity contribution >= 4 is 33.8 Å². The van der Waals surface area contributed by atoms with Crippen molar-refractivity contribution < 1.29 is 0 Å². The van der Waals surface area contributed by atoms with E-state index < -0.39 is 11.2 Å². The topological polar surface area (TPSA) is 86.2 Å². The number of hydrogen-bond donors (Lipinski definition) is 1. The van der Waals surface area contributed by atoms with E-state index >= 15 is 0 Å². The van der Waals surface area contributed by atoms with Gasteiger partial charge in [0.05, 0.1) is 0 Å². The first-order valence-electron chi connectivity index (χ1n) is 7.06. The monoisotopic (exact) mass is 390 g/mol. The molecule has 0 atom stereocenters. The van der Waals surface area contributed by atoms with Crippen LogP contribution in [0.25, 0.3) is 22.6 Å². The molecule has 1 N–H and O–H groups in total. The van der Waals surface area contributed by atoms with E-state index in [1.54, 1.807) is 18.7 Å². The molecule has 24 heavy (non-hydrogen) atoms. The molecule has 0 saturated heterocycles. The van der Waals surface area contributed by atoms with Crippen LogP contribution in [0.2, 0.25) is 0 Å². The highest BCUT2D eigenvalue weighted by atomic mass is 79.9. The lowest BCUT2D eigenvalue weighted by atomic mass is 10.2. The van der Waals surface area contributed by atoms with Gasteiger partial charge in [-0.3, -0.25) is 14.8 Å². The molecule has 0 aliphatic carbocycles. The summed E-state index contributed by atoms with van der Waals surface area (Å²) >= 11 is 3.39. The second-order valence-electron chi connectivity index (χ2n) is 5.22. The van der Waals surface area contributed by atoms with Crippen LogP contribution >= 0.6 is 15.9 Å². The largest absolute Gasteiger partial charge is 0.334 e. The minimum Gasteiger partial charge on any atom is -0.321 e. The van der Waals surface area contributed by atoms with Gasteiger partial charge < -0.3 is 4.57 Å². The number of benzene rings is 1. The summed E-state index contributed by atoms with van der Waals surface area (Å²) in [4.78, 5) is 29.6. The van der Waals surface area contributed by atoms with Crippen molar-refractivity contribution in [1.82, 2.24) is 24.1 Å². The van der Waals surface area contributed by atoms with Crippen LogP contribution in [0.15, 0.2) is 43.4 Å². The van der Waals surface area contributed by atoms with Gasteiger partial charge in [-0.05, 0) is 12.1 Å². The van der Waals surface area contributed by atoms with Crippen LogP contribution in [0, 0.1) is 0 Å². The average molecular weight is 391 g/mol. The Morgan fingerprint density at radius 1 is 1.21 bits per heavy atom. The number of hydrogen-bond acceptors (Lipinski definition) is 5. The van der Waals surface area contributed by atoms with Crippen LogP contribution in [0.4, 0.5) is 0 Å². The second-order valence-corrected chi connectivity index (χ2v) is 6.14. The maximum Gasteiger partial charge on any atom is 0.334 e. The van der Waals surface area contributed by atoms with Gasteiger partial charge in [0.2, 0.25) is 0 Å². The number of halogens is 1. The van der Waals surface area contributed by atoms with Crippen LogP contribution < -0.4 is 16.7 Å². The number of aromatic nitrogens is 4. The number of hydrazone groups is 1. The first-order chi connectivity index (χ1) is 11.5. The third-order valence-corrected chi connectivity index (χ3v) is 4.33. The Balaban J connectivity index is 2.32. The van der Waals surface area contributed by atoms with Crippen molar-refractivity contribution in [3.8, 4) is 11.4 Å². The molecule has 0 unspecified atom stereocenters. The van der Waals surface area contributed by atoms with Crippen molar-refractivity contribution in [1.29, 1.82) is 0 Å². The molecule has 1 aromatic carbocycles. The van der Waals surface area contributed by atoms with E-state index in [-0.39, 0.29) is 6.67 Å². The molecule has 0 fully saturated rings. The maximum absolute atomic E-state index is 12.7. The molecule has 2 heterocycles. The van der Waals surface area contributed by atoms with Crippen LogP contribution in [-0.4, -0.2) is 25.4 Å². The zero-order valence-electron chi connectivity index (χ0n) is 13.2. The molecule has 0 spiro atoms. The molecule has 0 aliphatic rings. The summed E-state index contributed by atoms with van der Waals surface area (Å²) in [6, 6.07) is 7.58. The molecule has 8 nitrogen and oxygen atoms in total. The third kappa shape index (κ3) is 2.46. The summed E-state index contributed by atoms with van der Waals surface area (Å²) in [7, 11) is 3.34. The number of imidazole rings is 1. The minimum absolute atomic E-state index is 0.0518. The summed E-state index contributed by atoms with van der Waals surface area (Å²) in [5.41, 5.74) is 3.17. The van der Waals surface area contributed by atoms with Gasteiger partial charge in [0.1, 0.15) is 12.5 Å². The van der Waals surface area contributed by atoms with E-state index in [2.05, 4.69) is 38.2 Å². The van der Waals surface area contributed by atoms with Crippen LogP contribution in [0.5, 0.6) is 0 Å². The van der Waals surface area contributed by atoms with Gasteiger partial charge >= 0.3 is 5.69 Å². The number of nitrogens with zero attached hydrogens (tertiary/aromatic N) is 5. The van der Waals surface area contributed by atoms with Gasteiger partial charge in [0.25, 0.3) is 5.56 Å². The number of rotatable bonds is 4. The highest BCUT2D eigenvalue weighted by molar-refractivity contribution is 9.10. The Morgan fingerprint density at radius 2 is 1.88 bits per heavy atom. The van der Waals surface area contributed by atoms with Crippen molar-refractivity contribution in [2.45, 2.75) is 6.67 Å². The van der Waals surface area contributed by atoms with Crippen LogP contribution in [0.1, 0.15) is 0 Å². The SMILES string of the molecule is C=NNCn1c(=O)c2c(nc(-c3ccc(Br)cc3)n2C)n(C)c1=O. The summed E-state index contributed by atoms with van der Waals surface area (Å²) in [6.07, 6.45) is 0. The average Bonchev–Trinajstić information content (AvgIpc) is 2.91. The quantitative estimate of drug-likeness (QED) is 0.532. The van der Waals surface area contributed by atoms with Crippen molar-refractivity contribution in [2.75, 3.05) is 0 Å². The van der Waals surface area contributed by atoms with Crippen molar-refractivity contribution in [3.63, 3.8) is 0 Å². The lowest BCUT2D eigenvalue weighted by Crippen LogP contribution is -2.42. The standard InChI is InChI=1S/C15H15BrN6O2/c1-17-18-8-22-14(23)11-13(21(3)15(22)24)19-12(20(11)2)9-4-6-10(16)7-5-9/h4-7,18H,1,8H2,2-3H3. The Morgan fingerprint density at radius 3 is 2.50 bits per heavy atom. The minimum atomic E-state index is -0.468. The molecule has 2 aromatic heterocycles. The normalized spacial score (nSPS) is 11.0. The summed E-state index contributed by atoms with van der Waals surface area (Å²) in [5, 5.41) is 3.47. The molecule has 0 radical (unpaired) electrons. The van der Waals surface area contributed by atoms with E-state index in [4.69, 9.17) is 0 Å². The molecule has 0 saturated carbocycles. The molecule has 9 heteroatoms. The van der Waals surface area contributed by atoms with Crippen LogP contribution in [0.3, 0.4) is 0 Å². The molecule has 124 valence electrons. The van der Waals surface area contributed by atoms with Crippen molar-refractivity contribution in [2.24, 2.45) is 19.2 Å². The fraction of sp³-hybridized carbons (Fsp3) is 0.200. The highest BCUT2D eigenvalue weighted by Crippen LogP contribution is 2.22. The van der Waals surface area contributed by atoms with Gasteiger partial charge in [-0.2, -0.15) is 5.10 Å². The molecule has 0 bridgehead atoms. The molecular weight excluding hydrogens is 376 g/mol. The molecule has 0 amide bonds. The zero-order chi connectivity index (χ0) is 17.4.